The van der Waals surface area contributed by atoms with E-state index in [-0.39, 0.29) is 23.0 Å². The van der Waals surface area contributed by atoms with E-state index in [1.165, 1.54) is 24.6 Å². The minimum atomic E-state index is -0.161. The molecule has 1 aliphatic carbocycles. The zero-order chi connectivity index (χ0) is 18.4. The van der Waals surface area contributed by atoms with Gasteiger partial charge in [0.25, 0.3) is 5.91 Å². The summed E-state index contributed by atoms with van der Waals surface area (Å²) in [6.07, 6.45) is 6.09. The Labute approximate surface area is 158 Å². The molecule has 1 aromatic carbocycles. The van der Waals surface area contributed by atoms with E-state index < -0.39 is 0 Å². The third-order valence-corrected chi connectivity index (χ3v) is 6.35. The number of aromatic nitrogens is 1. The Balaban J connectivity index is 1.40. The van der Waals surface area contributed by atoms with Gasteiger partial charge in [-0.25, -0.2) is 0 Å². The van der Waals surface area contributed by atoms with E-state index in [0.717, 1.165) is 25.1 Å². The highest BCUT2D eigenvalue weighted by Gasteiger charge is 2.46. The fraction of sp³-hybridized carbons (Fsp3) is 0.476. The number of fused-ring (bicyclic) bond motifs is 2. The number of likely N-dealkylation sites (tertiary alicyclic amines) is 1. The molecule has 0 N–H and O–H groups in total. The van der Waals surface area contributed by atoms with E-state index in [9.17, 15) is 9.59 Å². The first-order valence-corrected chi connectivity index (χ1v) is 9.76. The van der Waals surface area contributed by atoms with Crippen molar-refractivity contribution in [3.05, 3.63) is 47.9 Å². The molecule has 140 valence electrons. The lowest BCUT2D eigenvalue weighted by Crippen LogP contribution is -2.51. The molecule has 1 aromatic heterocycles. The van der Waals surface area contributed by atoms with Gasteiger partial charge in [-0.15, -0.1) is 0 Å². The van der Waals surface area contributed by atoms with Crippen LogP contribution in [0.1, 0.15) is 48.2 Å². The highest BCUT2D eigenvalue weighted by molar-refractivity contribution is 5.98. The zero-order valence-corrected chi connectivity index (χ0v) is 15.3. The average Bonchev–Trinajstić information content (AvgIpc) is 3.35. The van der Waals surface area contributed by atoms with Gasteiger partial charge in [0.05, 0.1) is 6.20 Å². The number of carbonyl (C=O) groups is 2. The average molecular weight is 365 g/mol. The van der Waals surface area contributed by atoms with Crippen LogP contribution in [-0.2, 0) is 10.2 Å². The number of nitrogens with zero attached hydrogens (tertiary/aromatic N) is 3. The van der Waals surface area contributed by atoms with E-state index in [4.69, 9.17) is 4.52 Å². The quantitative estimate of drug-likeness (QED) is 0.839. The predicted octanol–water partition coefficient (Wildman–Crippen LogP) is 3.00. The SMILES string of the molecule is O=C(c1ccno1)N1CCC2(CC1)CC(=O)N(CC1CC1)c1ccccc12. The van der Waals surface area contributed by atoms with Crippen LogP contribution < -0.4 is 4.90 Å². The molecule has 0 unspecified atom stereocenters. The fourth-order valence-corrected chi connectivity index (χ4v) is 4.60. The Morgan fingerprint density at radius 2 is 1.96 bits per heavy atom. The monoisotopic (exact) mass is 365 g/mol. The molecule has 27 heavy (non-hydrogen) atoms. The summed E-state index contributed by atoms with van der Waals surface area (Å²) in [5.41, 5.74) is 2.19. The molecule has 1 saturated heterocycles. The molecular weight excluding hydrogens is 342 g/mol. The van der Waals surface area contributed by atoms with Crippen molar-refractivity contribution in [1.82, 2.24) is 10.1 Å². The van der Waals surface area contributed by atoms with Crippen LogP contribution in [0.4, 0.5) is 5.69 Å². The maximum atomic E-state index is 13.0. The highest BCUT2D eigenvalue weighted by Crippen LogP contribution is 2.48. The predicted molar refractivity (Wildman–Crippen MR) is 99.5 cm³/mol. The second kappa shape index (κ2) is 6.22. The Hall–Kier alpha value is -2.63. The number of hydrogen-bond acceptors (Lipinski definition) is 4. The van der Waals surface area contributed by atoms with Crippen LogP contribution in [0, 0.1) is 5.92 Å². The van der Waals surface area contributed by atoms with E-state index in [1.807, 2.05) is 15.9 Å². The van der Waals surface area contributed by atoms with Gasteiger partial charge in [-0.2, -0.15) is 0 Å². The zero-order valence-electron chi connectivity index (χ0n) is 15.3. The lowest BCUT2D eigenvalue weighted by Gasteiger charge is -2.47. The molecule has 5 rings (SSSR count). The van der Waals surface area contributed by atoms with Gasteiger partial charge in [-0.1, -0.05) is 23.4 Å². The molecule has 0 radical (unpaired) electrons. The summed E-state index contributed by atoms with van der Waals surface area (Å²) in [5.74, 6) is 1.06. The third kappa shape index (κ3) is 2.83. The Morgan fingerprint density at radius 1 is 1.19 bits per heavy atom. The normalized spacial score (nSPS) is 21.4. The second-order valence-corrected chi connectivity index (χ2v) is 8.09. The lowest BCUT2D eigenvalue weighted by atomic mass is 9.67. The summed E-state index contributed by atoms with van der Waals surface area (Å²) in [4.78, 5) is 29.4. The van der Waals surface area contributed by atoms with Crippen LogP contribution >= 0.6 is 0 Å². The van der Waals surface area contributed by atoms with Crippen molar-refractivity contribution in [2.24, 2.45) is 5.92 Å². The van der Waals surface area contributed by atoms with Gasteiger partial charge in [0.15, 0.2) is 0 Å². The van der Waals surface area contributed by atoms with Crippen molar-refractivity contribution < 1.29 is 14.1 Å². The first-order valence-electron chi connectivity index (χ1n) is 9.76. The van der Waals surface area contributed by atoms with Crippen LogP contribution in [-0.4, -0.2) is 41.5 Å². The standard InChI is InChI=1S/C21H23N3O3/c25-19-13-21(8-11-23(12-9-21)20(26)18-7-10-22-27-18)16-3-1-2-4-17(16)24(19)14-15-5-6-15/h1-4,7,10,15H,5-6,8-9,11-14H2. The maximum Gasteiger partial charge on any atom is 0.292 e. The molecule has 2 aliphatic heterocycles. The summed E-state index contributed by atoms with van der Waals surface area (Å²) in [7, 11) is 0. The molecule has 1 saturated carbocycles. The van der Waals surface area contributed by atoms with Gasteiger partial charge in [-0.05, 0) is 43.2 Å². The lowest BCUT2D eigenvalue weighted by molar-refractivity contribution is -0.121. The molecule has 6 heteroatoms. The Bertz CT molecular complexity index is 865. The molecule has 2 aromatic rings. The van der Waals surface area contributed by atoms with Crippen LogP contribution in [0.15, 0.2) is 41.1 Å². The van der Waals surface area contributed by atoms with Gasteiger partial charge in [0, 0.05) is 43.2 Å². The largest absolute Gasteiger partial charge is 0.351 e. The summed E-state index contributed by atoms with van der Waals surface area (Å²) in [5, 5.41) is 3.63. The third-order valence-electron chi connectivity index (χ3n) is 6.35. The van der Waals surface area contributed by atoms with E-state index in [2.05, 4.69) is 23.4 Å². The number of hydrogen-bond donors (Lipinski definition) is 0. The number of benzene rings is 1. The van der Waals surface area contributed by atoms with Crippen LogP contribution in [0.3, 0.4) is 0 Å². The minimum absolute atomic E-state index is 0.117. The maximum absolute atomic E-state index is 13.0. The molecule has 2 fully saturated rings. The van der Waals surface area contributed by atoms with Crippen LogP contribution in [0.25, 0.3) is 0 Å². The molecule has 0 atom stereocenters. The minimum Gasteiger partial charge on any atom is -0.351 e. The molecule has 1 spiro atoms. The summed E-state index contributed by atoms with van der Waals surface area (Å²) in [6, 6.07) is 9.95. The van der Waals surface area contributed by atoms with Crippen LogP contribution in [0.2, 0.25) is 0 Å². The van der Waals surface area contributed by atoms with Crippen molar-refractivity contribution in [1.29, 1.82) is 0 Å². The van der Waals surface area contributed by atoms with Gasteiger partial charge >= 0.3 is 0 Å². The number of piperidine rings is 1. The number of anilines is 1. The van der Waals surface area contributed by atoms with Crippen molar-refractivity contribution in [2.75, 3.05) is 24.5 Å². The fourth-order valence-electron chi connectivity index (χ4n) is 4.60. The van der Waals surface area contributed by atoms with Gasteiger partial charge in [0.2, 0.25) is 11.7 Å². The molecular formula is C21H23N3O3. The van der Waals surface area contributed by atoms with Crippen molar-refractivity contribution in [2.45, 2.75) is 37.5 Å². The summed E-state index contributed by atoms with van der Waals surface area (Å²) >= 11 is 0. The smallest absolute Gasteiger partial charge is 0.292 e. The number of rotatable bonds is 3. The van der Waals surface area contributed by atoms with Crippen LogP contribution in [0.5, 0.6) is 0 Å². The summed E-state index contributed by atoms with van der Waals surface area (Å²) in [6.45, 7) is 2.11. The second-order valence-electron chi connectivity index (χ2n) is 8.09. The first-order chi connectivity index (χ1) is 13.2. The van der Waals surface area contributed by atoms with Gasteiger partial charge in [0.1, 0.15) is 0 Å². The highest BCUT2D eigenvalue weighted by atomic mass is 16.5. The Morgan fingerprint density at radius 3 is 2.67 bits per heavy atom. The van der Waals surface area contributed by atoms with E-state index >= 15 is 0 Å². The van der Waals surface area contributed by atoms with Crippen molar-refractivity contribution >= 4 is 17.5 Å². The van der Waals surface area contributed by atoms with Gasteiger partial charge in [-0.3, -0.25) is 9.59 Å². The molecule has 6 nitrogen and oxygen atoms in total. The molecule has 0 bridgehead atoms. The topological polar surface area (TPSA) is 66.7 Å². The van der Waals surface area contributed by atoms with E-state index in [0.29, 0.717) is 25.4 Å². The first kappa shape index (κ1) is 16.5. The number of carbonyl (C=O) groups excluding carboxylic acids is 2. The van der Waals surface area contributed by atoms with Gasteiger partial charge < -0.3 is 14.3 Å². The van der Waals surface area contributed by atoms with Crippen molar-refractivity contribution in [3.63, 3.8) is 0 Å². The van der Waals surface area contributed by atoms with E-state index in [1.54, 1.807) is 6.07 Å². The van der Waals surface area contributed by atoms with Crippen molar-refractivity contribution in [3.8, 4) is 0 Å². The molecule has 3 aliphatic rings. The Kier molecular flexibility index (Phi) is 3.81. The molecule has 2 amide bonds. The summed E-state index contributed by atoms with van der Waals surface area (Å²) < 4.78 is 5.01. The molecule has 3 heterocycles. The number of para-hydroxylation sites is 1. The number of amides is 2.